The zero-order valence-corrected chi connectivity index (χ0v) is 11.1. The number of hydrogen-bond donors (Lipinski definition) is 1. The van der Waals surface area contributed by atoms with Gasteiger partial charge in [0.05, 0.1) is 0 Å². The van der Waals surface area contributed by atoms with Gasteiger partial charge >= 0.3 is 0 Å². The normalized spacial score (nSPS) is 37.2. The molecule has 0 aromatic carbocycles. The van der Waals surface area contributed by atoms with Gasteiger partial charge < -0.3 is 0 Å². The van der Waals surface area contributed by atoms with Crippen LogP contribution in [0.5, 0.6) is 0 Å². The Hall–Kier alpha value is -0.0800. The van der Waals surface area contributed by atoms with Crippen molar-refractivity contribution in [2.75, 3.05) is 6.54 Å². The minimum atomic E-state index is 0.734. The Morgan fingerprint density at radius 3 is 2.35 bits per heavy atom. The molecule has 3 rings (SSSR count). The third kappa shape index (κ3) is 3.03. The van der Waals surface area contributed by atoms with E-state index < -0.39 is 0 Å². The summed E-state index contributed by atoms with van der Waals surface area (Å²) >= 11 is 0. The van der Waals surface area contributed by atoms with Crippen molar-refractivity contribution in [3.8, 4) is 0 Å². The summed E-state index contributed by atoms with van der Waals surface area (Å²) < 4.78 is 0. The van der Waals surface area contributed by atoms with Gasteiger partial charge in [-0.15, -0.1) is 0 Å². The summed E-state index contributed by atoms with van der Waals surface area (Å²) in [4.78, 5) is 0. The molecule has 1 saturated heterocycles. The molecule has 2 heteroatoms. The van der Waals surface area contributed by atoms with E-state index >= 15 is 0 Å². The predicted molar refractivity (Wildman–Crippen MR) is 71.3 cm³/mol. The zero-order chi connectivity index (χ0) is 11.7. The van der Waals surface area contributed by atoms with Crippen molar-refractivity contribution in [2.45, 2.75) is 70.3 Å². The fourth-order valence-electron chi connectivity index (χ4n) is 4.14. The molecule has 17 heavy (non-hydrogen) atoms. The second-order valence-corrected chi connectivity index (χ2v) is 6.77. The summed E-state index contributed by atoms with van der Waals surface area (Å²) in [5.41, 5.74) is 0. The summed E-state index contributed by atoms with van der Waals surface area (Å²) in [6, 6.07) is 0.734. The summed E-state index contributed by atoms with van der Waals surface area (Å²) in [5, 5.41) is 2.16. The van der Waals surface area contributed by atoms with E-state index in [0.29, 0.717) is 0 Å². The van der Waals surface area contributed by atoms with Crippen molar-refractivity contribution >= 4 is 0 Å². The molecule has 0 spiro atoms. The summed E-state index contributed by atoms with van der Waals surface area (Å²) in [7, 11) is 0. The molecule has 0 amide bonds. The fraction of sp³-hybridized carbons (Fsp3) is 1.00. The molecule has 2 nitrogen and oxygen atoms in total. The lowest BCUT2D eigenvalue weighted by atomic mass is 9.78. The fourth-order valence-corrected chi connectivity index (χ4v) is 4.14. The van der Waals surface area contributed by atoms with Crippen molar-refractivity contribution in [1.29, 1.82) is 0 Å². The van der Waals surface area contributed by atoms with E-state index in [1.165, 1.54) is 64.2 Å². The van der Waals surface area contributed by atoms with Crippen LogP contribution in [-0.4, -0.2) is 17.6 Å². The van der Waals surface area contributed by atoms with E-state index in [4.69, 9.17) is 5.84 Å². The highest BCUT2D eigenvalue weighted by atomic mass is 15.4. The van der Waals surface area contributed by atoms with E-state index in [2.05, 4.69) is 5.01 Å². The average Bonchev–Trinajstić information content (AvgIpc) is 3.17. The second kappa shape index (κ2) is 5.27. The van der Waals surface area contributed by atoms with Crippen LogP contribution in [-0.2, 0) is 0 Å². The molecule has 2 atom stereocenters. The number of rotatable bonds is 3. The molecule has 0 aromatic heterocycles. The Morgan fingerprint density at radius 2 is 1.65 bits per heavy atom. The lowest BCUT2D eigenvalue weighted by Crippen LogP contribution is -2.48. The lowest BCUT2D eigenvalue weighted by molar-refractivity contribution is 0.0838. The van der Waals surface area contributed by atoms with Gasteiger partial charge in [-0.25, -0.2) is 5.01 Å². The monoisotopic (exact) mass is 236 g/mol. The molecule has 3 fully saturated rings. The molecule has 2 saturated carbocycles. The molecule has 98 valence electrons. The number of hydrazine groups is 1. The topological polar surface area (TPSA) is 29.3 Å². The van der Waals surface area contributed by atoms with Gasteiger partial charge in [-0.05, 0) is 49.9 Å². The Kier molecular flexibility index (Phi) is 3.72. The average molecular weight is 236 g/mol. The highest BCUT2D eigenvalue weighted by molar-refractivity contribution is 4.91. The largest absolute Gasteiger partial charge is 0.269 e. The first-order chi connectivity index (χ1) is 8.33. The van der Waals surface area contributed by atoms with Crippen molar-refractivity contribution in [2.24, 2.45) is 23.6 Å². The number of piperidine rings is 1. The maximum atomic E-state index is 6.15. The molecule has 3 aliphatic rings. The van der Waals surface area contributed by atoms with E-state index in [1.54, 1.807) is 0 Å². The number of nitrogens with zero attached hydrogens (tertiary/aromatic N) is 1. The first kappa shape index (κ1) is 12.0. The first-order valence-corrected chi connectivity index (χ1v) is 7.84. The summed E-state index contributed by atoms with van der Waals surface area (Å²) in [6.45, 7) is 1.15. The Balaban J connectivity index is 1.49. The van der Waals surface area contributed by atoms with Crippen molar-refractivity contribution in [3.05, 3.63) is 0 Å². The summed E-state index contributed by atoms with van der Waals surface area (Å²) in [5.74, 6) is 9.14. The van der Waals surface area contributed by atoms with E-state index in [1.807, 2.05) is 0 Å². The Morgan fingerprint density at radius 1 is 0.882 bits per heavy atom. The number of nitrogens with two attached hydrogens (primary N) is 1. The molecule has 2 N–H and O–H groups in total. The van der Waals surface area contributed by atoms with Gasteiger partial charge in [0.15, 0.2) is 0 Å². The quantitative estimate of drug-likeness (QED) is 0.762. The van der Waals surface area contributed by atoms with Crippen LogP contribution in [0.3, 0.4) is 0 Å². The Bertz CT molecular complexity index is 243. The molecule has 1 aliphatic heterocycles. The smallest absolute Gasteiger partial charge is 0.0272 e. The third-order valence-corrected chi connectivity index (χ3v) is 5.35. The molecule has 0 radical (unpaired) electrons. The van der Waals surface area contributed by atoms with Gasteiger partial charge in [0.2, 0.25) is 0 Å². The van der Waals surface area contributed by atoms with Crippen LogP contribution in [0, 0.1) is 17.8 Å². The van der Waals surface area contributed by atoms with Crippen LogP contribution in [0.1, 0.15) is 64.2 Å². The van der Waals surface area contributed by atoms with Crippen LogP contribution in [0.2, 0.25) is 0 Å². The predicted octanol–water partition coefficient (Wildman–Crippen LogP) is 3.32. The van der Waals surface area contributed by atoms with Crippen molar-refractivity contribution in [3.63, 3.8) is 0 Å². The minimum absolute atomic E-state index is 0.734. The molecule has 1 heterocycles. The van der Waals surface area contributed by atoms with Gasteiger partial charge in [-0.1, -0.05) is 32.1 Å². The second-order valence-electron chi connectivity index (χ2n) is 6.77. The van der Waals surface area contributed by atoms with Crippen LogP contribution in [0.4, 0.5) is 0 Å². The molecular formula is C15H28N2. The highest BCUT2D eigenvalue weighted by Gasteiger charge is 2.38. The van der Waals surface area contributed by atoms with E-state index in [9.17, 15) is 0 Å². The van der Waals surface area contributed by atoms with Gasteiger partial charge in [-0.3, -0.25) is 5.84 Å². The van der Waals surface area contributed by atoms with E-state index in [-0.39, 0.29) is 0 Å². The third-order valence-electron chi connectivity index (χ3n) is 5.35. The maximum absolute atomic E-state index is 6.15. The first-order valence-electron chi connectivity index (χ1n) is 7.84. The molecule has 2 unspecified atom stereocenters. The van der Waals surface area contributed by atoms with Crippen molar-refractivity contribution < 1.29 is 0 Å². The van der Waals surface area contributed by atoms with Gasteiger partial charge in [0, 0.05) is 12.6 Å². The molecule has 2 aliphatic carbocycles. The SMILES string of the molecule is NN1CCC(CC2CCCCC2)CC1C1CC1. The molecule has 0 aromatic rings. The van der Waals surface area contributed by atoms with Gasteiger partial charge in [0.25, 0.3) is 0 Å². The summed E-state index contributed by atoms with van der Waals surface area (Å²) in [6.07, 6.45) is 14.6. The van der Waals surface area contributed by atoms with Crippen LogP contribution >= 0.6 is 0 Å². The highest BCUT2D eigenvalue weighted by Crippen LogP contribution is 2.42. The van der Waals surface area contributed by atoms with Crippen LogP contribution in [0.25, 0.3) is 0 Å². The zero-order valence-electron chi connectivity index (χ0n) is 11.1. The van der Waals surface area contributed by atoms with Gasteiger partial charge in [-0.2, -0.15) is 0 Å². The lowest BCUT2D eigenvalue weighted by Gasteiger charge is -2.38. The Labute approximate surface area is 106 Å². The minimum Gasteiger partial charge on any atom is -0.269 e. The number of hydrogen-bond acceptors (Lipinski definition) is 2. The van der Waals surface area contributed by atoms with Crippen molar-refractivity contribution in [1.82, 2.24) is 5.01 Å². The van der Waals surface area contributed by atoms with Gasteiger partial charge in [0.1, 0.15) is 0 Å². The van der Waals surface area contributed by atoms with E-state index in [0.717, 1.165) is 30.3 Å². The molecular weight excluding hydrogens is 208 g/mol. The molecule has 0 bridgehead atoms. The van der Waals surface area contributed by atoms with Crippen LogP contribution in [0.15, 0.2) is 0 Å². The standard InChI is InChI=1S/C15H28N2/c16-17-9-8-13(11-15(17)14-6-7-14)10-12-4-2-1-3-5-12/h12-15H,1-11,16H2. The maximum Gasteiger partial charge on any atom is 0.0272 e. The van der Waals surface area contributed by atoms with Crippen LogP contribution < -0.4 is 5.84 Å².